The summed E-state index contributed by atoms with van der Waals surface area (Å²) in [5, 5.41) is 0. The van der Waals surface area contributed by atoms with Crippen LogP contribution in [-0.2, 0) is 14.8 Å². The summed E-state index contributed by atoms with van der Waals surface area (Å²) in [5.41, 5.74) is 2.91. The van der Waals surface area contributed by atoms with Gasteiger partial charge in [-0.05, 0) is 49.2 Å². The standard InChI is InChI=1S/C18H19FN2O3S/c1-12-7-8-15(9-13(12)2)21-11-14(10-18(21)22)20-25(23,24)17-6-4-3-5-16(17)19/h3-9,14,20H,10-11H2,1-2H3/t14-/m1/s1. The molecule has 1 aliphatic rings. The number of anilines is 1. The van der Waals surface area contributed by atoms with Crippen LogP contribution in [0, 0.1) is 19.7 Å². The van der Waals surface area contributed by atoms with Crippen molar-refractivity contribution in [1.82, 2.24) is 4.72 Å². The summed E-state index contributed by atoms with van der Waals surface area (Å²) in [6, 6.07) is 10.3. The predicted octanol–water partition coefficient (Wildman–Crippen LogP) is 2.53. The number of sulfonamides is 1. The Morgan fingerprint density at radius 1 is 1.12 bits per heavy atom. The summed E-state index contributed by atoms with van der Waals surface area (Å²) >= 11 is 0. The van der Waals surface area contributed by atoms with Crippen LogP contribution < -0.4 is 9.62 Å². The van der Waals surface area contributed by atoms with Gasteiger partial charge in [-0.25, -0.2) is 17.5 Å². The molecule has 2 aromatic rings. The molecule has 132 valence electrons. The van der Waals surface area contributed by atoms with Crippen LogP contribution in [-0.4, -0.2) is 26.9 Å². The Hall–Kier alpha value is -2.25. The molecule has 0 radical (unpaired) electrons. The summed E-state index contributed by atoms with van der Waals surface area (Å²) in [7, 11) is -4.02. The third kappa shape index (κ3) is 3.57. The minimum Gasteiger partial charge on any atom is -0.311 e. The zero-order chi connectivity index (χ0) is 18.2. The van der Waals surface area contributed by atoms with Crippen LogP contribution in [0.15, 0.2) is 47.4 Å². The molecule has 5 nitrogen and oxygen atoms in total. The van der Waals surface area contributed by atoms with Crippen molar-refractivity contribution in [3.63, 3.8) is 0 Å². The summed E-state index contributed by atoms with van der Waals surface area (Å²) in [5.74, 6) is -0.977. The van der Waals surface area contributed by atoms with Crippen LogP contribution in [0.5, 0.6) is 0 Å². The van der Waals surface area contributed by atoms with E-state index in [1.165, 1.54) is 18.2 Å². The Bertz CT molecular complexity index is 928. The first kappa shape index (κ1) is 17.6. The fourth-order valence-electron chi connectivity index (χ4n) is 2.88. The molecular formula is C18H19FN2O3S. The molecule has 2 aromatic carbocycles. The zero-order valence-electron chi connectivity index (χ0n) is 14.0. The van der Waals surface area contributed by atoms with Gasteiger partial charge in [-0.3, -0.25) is 4.79 Å². The maximum absolute atomic E-state index is 13.8. The van der Waals surface area contributed by atoms with Crippen LogP contribution in [0.2, 0.25) is 0 Å². The number of aryl methyl sites for hydroxylation is 2. The highest BCUT2D eigenvalue weighted by molar-refractivity contribution is 7.89. The molecule has 1 saturated heterocycles. The van der Waals surface area contributed by atoms with E-state index in [9.17, 15) is 17.6 Å². The van der Waals surface area contributed by atoms with Gasteiger partial charge in [-0.1, -0.05) is 18.2 Å². The van der Waals surface area contributed by atoms with Gasteiger partial charge >= 0.3 is 0 Å². The Balaban J connectivity index is 1.79. The molecule has 0 aliphatic carbocycles. The van der Waals surface area contributed by atoms with Gasteiger partial charge in [0, 0.05) is 24.7 Å². The van der Waals surface area contributed by atoms with Gasteiger partial charge in [0.25, 0.3) is 0 Å². The first-order valence-corrected chi connectivity index (χ1v) is 9.41. The first-order chi connectivity index (χ1) is 11.8. The molecule has 0 spiro atoms. The number of nitrogens with one attached hydrogen (secondary N) is 1. The van der Waals surface area contributed by atoms with E-state index in [0.717, 1.165) is 22.9 Å². The molecule has 1 amide bonds. The van der Waals surface area contributed by atoms with Crippen molar-refractivity contribution in [3.05, 3.63) is 59.4 Å². The molecule has 1 N–H and O–H groups in total. The van der Waals surface area contributed by atoms with Gasteiger partial charge in [0.1, 0.15) is 10.7 Å². The molecule has 1 heterocycles. The number of hydrogen-bond donors (Lipinski definition) is 1. The summed E-state index contributed by atoms with van der Waals surface area (Å²) in [6.07, 6.45) is 0.0423. The van der Waals surface area contributed by atoms with E-state index in [1.54, 1.807) is 4.90 Å². The zero-order valence-corrected chi connectivity index (χ0v) is 14.8. The number of carbonyl (C=O) groups excluding carboxylic acids is 1. The van der Waals surface area contributed by atoms with Crippen molar-refractivity contribution in [2.24, 2.45) is 0 Å². The van der Waals surface area contributed by atoms with Crippen molar-refractivity contribution in [1.29, 1.82) is 0 Å². The molecule has 0 aromatic heterocycles. The molecule has 0 unspecified atom stereocenters. The highest BCUT2D eigenvalue weighted by atomic mass is 32.2. The van der Waals surface area contributed by atoms with E-state index in [-0.39, 0.29) is 18.9 Å². The molecule has 1 atom stereocenters. The molecule has 7 heteroatoms. The second-order valence-corrected chi connectivity index (χ2v) is 7.91. The van der Waals surface area contributed by atoms with E-state index >= 15 is 0 Å². The van der Waals surface area contributed by atoms with Crippen molar-refractivity contribution in [3.8, 4) is 0 Å². The molecule has 25 heavy (non-hydrogen) atoms. The lowest BCUT2D eigenvalue weighted by Gasteiger charge is -2.18. The lowest BCUT2D eigenvalue weighted by molar-refractivity contribution is -0.117. The molecular weight excluding hydrogens is 343 g/mol. The van der Waals surface area contributed by atoms with Crippen molar-refractivity contribution in [2.75, 3.05) is 11.4 Å². The van der Waals surface area contributed by atoms with Gasteiger partial charge in [-0.2, -0.15) is 0 Å². The number of carbonyl (C=O) groups is 1. The van der Waals surface area contributed by atoms with E-state index in [1.807, 2.05) is 32.0 Å². The van der Waals surface area contributed by atoms with Crippen LogP contribution in [0.4, 0.5) is 10.1 Å². The maximum Gasteiger partial charge on any atom is 0.243 e. The Kier molecular flexibility index (Phi) is 4.62. The maximum atomic E-state index is 13.8. The lowest BCUT2D eigenvalue weighted by atomic mass is 10.1. The number of rotatable bonds is 4. The third-order valence-electron chi connectivity index (χ3n) is 4.38. The third-order valence-corrected chi connectivity index (χ3v) is 5.93. The van der Waals surface area contributed by atoms with Crippen LogP contribution in [0.1, 0.15) is 17.5 Å². The van der Waals surface area contributed by atoms with E-state index in [2.05, 4.69) is 4.72 Å². The van der Waals surface area contributed by atoms with Gasteiger partial charge in [0.15, 0.2) is 0 Å². The van der Waals surface area contributed by atoms with Crippen LogP contribution >= 0.6 is 0 Å². The van der Waals surface area contributed by atoms with Crippen molar-refractivity contribution >= 4 is 21.6 Å². The number of hydrogen-bond acceptors (Lipinski definition) is 3. The highest BCUT2D eigenvalue weighted by Crippen LogP contribution is 2.25. The lowest BCUT2D eigenvalue weighted by Crippen LogP contribution is -2.37. The number of nitrogens with zero attached hydrogens (tertiary/aromatic N) is 1. The SMILES string of the molecule is Cc1ccc(N2C[C@H](NS(=O)(=O)c3ccccc3F)CC2=O)cc1C. The van der Waals surface area contributed by atoms with Crippen molar-refractivity contribution < 1.29 is 17.6 Å². The molecule has 1 fully saturated rings. The summed E-state index contributed by atoms with van der Waals surface area (Å²) in [6.45, 7) is 4.16. The predicted molar refractivity (Wildman–Crippen MR) is 93.4 cm³/mol. The second kappa shape index (κ2) is 6.57. The monoisotopic (exact) mass is 362 g/mol. The largest absolute Gasteiger partial charge is 0.311 e. The normalized spacial score (nSPS) is 18.0. The average molecular weight is 362 g/mol. The topological polar surface area (TPSA) is 66.5 Å². The van der Waals surface area contributed by atoms with Crippen LogP contribution in [0.3, 0.4) is 0 Å². The minimum atomic E-state index is -4.02. The van der Waals surface area contributed by atoms with Gasteiger partial charge in [-0.15, -0.1) is 0 Å². The van der Waals surface area contributed by atoms with Crippen molar-refractivity contribution in [2.45, 2.75) is 31.2 Å². The summed E-state index contributed by atoms with van der Waals surface area (Å²) in [4.78, 5) is 13.4. The number of halogens is 1. The minimum absolute atomic E-state index is 0.0423. The number of amides is 1. The molecule has 0 bridgehead atoms. The molecule has 0 saturated carbocycles. The molecule has 1 aliphatic heterocycles. The van der Waals surface area contributed by atoms with E-state index in [4.69, 9.17) is 0 Å². The second-order valence-electron chi connectivity index (χ2n) is 6.23. The fourth-order valence-corrected chi connectivity index (χ4v) is 4.18. The Morgan fingerprint density at radius 2 is 1.84 bits per heavy atom. The Labute approximate surface area is 146 Å². The van der Waals surface area contributed by atoms with Gasteiger partial charge in [0.2, 0.25) is 15.9 Å². The fraction of sp³-hybridized carbons (Fsp3) is 0.278. The smallest absolute Gasteiger partial charge is 0.243 e. The van der Waals surface area contributed by atoms with Gasteiger partial charge in [0.05, 0.1) is 0 Å². The van der Waals surface area contributed by atoms with E-state index in [0.29, 0.717) is 0 Å². The number of benzene rings is 2. The Morgan fingerprint density at radius 3 is 2.52 bits per heavy atom. The molecule has 3 rings (SSSR count). The van der Waals surface area contributed by atoms with Gasteiger partial charge < -0.3 is 4.90 Å². The van der Waals surface area contributed by atoms with Crippen LogP contribution in [0.25, 0.3) is 0 Å². The first-order valence-electron chi connectivity index (χ1n) is 7.92. The highest BCUT2D eigenvalue weighted by Gasteiger charge is 2.34. The quantitative estimate of drug-likeness (QED) is 0.909. The summed E-state index contributed by atoms with van der Waals surface area (Å²) < 4.78 is 41.0. The van der Waals surface area contributed by atoms with E-state index < -0.39 is 26.8 Å². The average Bonchev–Trinajstić information content (AvgIpc) is 2.90.